The van der Waals surface area contributed by atoms with E-state index in [0.717, 1.165) is 45.9 Å². The largest absolute Gasteiger partial charge is 0.489 e. The van der Waals surface area contributed by atoms with Gasteiger partial charge in [0.1, 0.15) is 0 Å². The van der Waals surface area contributed by atoms with Crippen LogP contribution < -0.4 is 20.5 Å². The molecular formula is C18H21N7O2. The van der Waals surface area contributed by atoms with Crippen LogP contribution in [0.25, 0.3) is 11.0 Å². The summed E-state index contributed by atoms with van der Waals surface area (Å²) in [6.45, 7) is 5.28. The highest BCUT2D eigenvalue weighted by Crippen LogP contribution is 2.39. The van der Waals surface area contributed by atoms with Crippen LogP contribution in [-0.4, -0.2) is 38.5 Å². The molecule has 0 saturated heterocycles. The Morgan fingerprint density at radius 3 is 2.63 bits per heavy atom. The Morgan fingerprint density at radius 1 is 1.19 bits per heavy atom. The number of aliphatic imine (C=N–C) groups is 1. The van der Waals surface area contributed by atoms with Crippen molar-refractivity contribution in [1.29, 1.82) is 0 Å². The van der Waals surface area contributed by atoms with Crippen LogP contribution in [0.4, 0.5) is 5.95 Å². The first-order chi connectivity index (χ1) is 13.0. The molecule has 5 rings (SSSR count). The van der Waals surface area contributed by atoms with Crippen molar-refractivity contribution in [3.8, 4) is 11.5 Å². The predicted molar refractivity (Wildman–Crippen MR) is 101 cm³/mol. The number of aryl methyl sites for hydroxylation is 2. The SMILES string of the molecule is Cc1nn(C)c(C)c1C1N=C(N)Nc2nc3cc4c(cc3n21)OCCCO4. The van der Waals surface area contributed by atoms with E-state index in [1.807, 2.05) is 42.3 Å². The number of rotatable bonds is 1. The minimum absolute atomic E-state index is 0.333. The fourth-order valence-electron chi connectivity index (χ4n) is 3.78. The van der Waals surface area contributed by atoms with Crippen molar-refractivity contribution in [2.24, 2.45) is 17.8 Å². The molecule has 0 fully saturated rings. The van der Waals surface area contributed by atoms with Crippen molar-refractivity contribution >= 4 is 22.9 Å². The van der Waals surface area contributed by atoms with Gasteiger partial charge in [-0.2, -0.15) is 5.10 Å². The van der Waals surface area contributed by atoms with Crippen LogP contribution in [0, 0.1) is 13.8 Å². The van der Waals surface area contributed by atoms with Gasteiger partial charge in [-0.15, -0.1) is 0 Å². The van der Waals surface area contributed by atoms with Gasteiger partial charge < -0.3 is 15.2 Å². The van der Waals surface area contributed by atoms with E-state index in [1.54, 1.807) is 0 Å². The van der Waals surface area contributed by atoms with Gasteiger partial charge in [-0.05, 0) is 13.8 Å². The fraction of sp³-hybridized carbons (Fsp3) is 0.389. The quantitative estimate of drug-likeness (QED) is 0.680. The molecule has 2 aliphatic heterocycles. The van der Waals surface area contributed by atoms with Gasteiger partial charge in [0.05, 0.1) is 29.9 Å². The standard InChI is InChI=1S/C18H21N7O2/c1-9-15(10(2)24(3)23-9)16-21-17(19)22-18-20-11-7-13-14(8-12(11)25(16)18)27-6-4-5-26-13/h7-8,16H,4-6H2,1-3H3,(H3,19,20,21,22). The molecule has 0 radical (unpaired) electrons. The van der Waals surface area contributed by atoms with E-state index in [-0.39, 0.29) is 6.17 Å². The molecule has 0 aliphatic carbocycles. The van der Waals surface area contributed by atoms with Gasteiger partial charge in [0, 0.05) is 36.9 Å². The molecule has 0 amide bonds. The molecule has 140 valence electrons. The zero-order valence-electron chi connectivity index (χ0n) is 15.5. The van der Waals surface area contributed by atoms with Crippen LogP contribution in [0.3, 0.4) is 0 Å². The van der Waals surface area contributed by atoms with E-state index >= 15 is 0 Å². The number of benzene rings is 1. The Kier molecular flexibility index (Phi) is 3.33. The summed E-state index contributed by atoms with van der Waals surface area (Å²) in [5.74, 6) is 2.42. The van der Waals surface area contributed by atoms with Crippen molar-refractivity contribution in [2.45, 2.75) is 26.4 Å². The third kappa shape index (κ3) is 2.34. The average molecular weight is 367 g/mol. The molecule has 2 aromatic heterocycles. The second-order valence-electron chi connectivity index (χ2n) is 6.86. The summed E-state index contributed by atoms with van der Waals surface area (Å²) in [5.41, 5.74) is 10.7. The third-order valence-corrected chi connectivity index (χ3v) is 5.13. The first-order valence-electron chi connectivity index (χ1n) is 8.95. The Morgan fingerprint density at radius 2 is 1.93 bits per heavy atom. The summed E-state index contributed by atoms with van der Waals surface area (Å²) in [6.07, 6.45) is 0.515. The van der Waals surface area contributed by atoms with Crippen molar-refractivity contribution in [3.63, 3.8) is 0 Å². The lowest BCUT2D eigenvalue weighted by molar-refractivity contribution is 0.297. The summed E-state index contributed by atoms with van der Waals surface area (Å²) >= 11 is 0. The summed E-state index contributed by atoms with van der Waals surface area (Å²) < 4.78 is 15.6. The van der Waals surface area contributed by atoms with E-state index in [2.05, 4.69) is 15.4 Å². The highest BCUT2D eigenvalue weighted by Gasteiger charge is 2.30. The van der Waals surface area contributed by atoms with Gasteiger partial charge in [-0.25, -0.2) is 9.98 Å². The van der Waals surface area contributed by atoms with Crippen LogP contribution >= 0.6 is 0 Å². The molecule has 0 spiro atoms. The molecule has 1 unspecified atom stereocenters. The molecule has 3 aromatic rings. The van der Waals surface area contributed by atoms with Gasteiger partial charge in [0.15, 0.2) is 23.6 Å². The average Bonchev–Trinajstić information content (AvgIpc) is 2.97. The number of aromatic nitrogens is 4. The van der Waals surface area contributed by atoms with Crippen LogP contribution in [0.2, 0.25) is 0 Å². The van der Waals surface area contributed by atoms with E-state index in [4.69, 9.17) is 20.2 Å². The normalized spacial score (nSPS) is 18.6. The molecule has 9 heteroatoms. The summed E-state index contributed by atoms with van der Waals surface area (Å²) in [5, 5.41) is 7.61. The van der Waals surface area contributed by atoms with Gasteiger partial charge in [-0.1, -0.05) is 0 Å². The van der Waals surface area contributed by atoms with E-state index in [9.17, 15) is 0 Å². The van der Waals surface area contributed by atoms with Gasteiger partial charge in [0.2, 0.25) is 5.95 Å². The number of fused-ring (bicyclic) bond motifs is 4. The molecule has 4 heterocycles. The zero-order chi connectivity index (χ0) is 18.7. The maximum atomic E-state index is 6.06. The molecular weight excluding hydrogens is 346 g/mol. The lowest BCUT2D eigenvalue weighted by Crippen LogP contribution is -2.31. The molecule has 1 atom stereocenters. The maximum absolute atomic E-state index is 6.06. The molecule has 0 saturated carbocycles. The summed E-state index contributed by atoms with van der Waals surface area (Å²) in [4.78, 5) is 9.38. The molecule has 27 heavy (non-hydrogen) atoms. The number of hydrogen-bond acceptors (Lipinski definition) is 7. The molecule has 2 aliphatic rings. The third-order valence-electron chi connectivity index (χ3n) is 5.13. The number of anilines is 1. The number of guanidine groups is 1. The Balaban J connectivity index is 1.75. The highest BCUT2D eigenvalue weighted by atomic mass is 16.5. The minimum atomic E-state index is -0.343. The number of hydrogen-bond donors (Lipinski definition) is 2. The zero-order valence-corrected chi connectivity index (χ0v) is 15.5. The summed E-state index contributed by atoms with van der Waals surface area (Å²) in [7, 11) is 1.93. The molecule has 3 N–H and O–H groups in total. The second kappa shape index (κ2) is 5.63. The first-order valence-corrected chi connectivity index (χ1v) is 8.95. The van der Waals surface area contributed by atoms with Crippen molar-refractivity contribution < 1.29 is 9.47 Å². The Bertz CT molecular complexity index is 1100. The Labute approximate surface area is 155 Å². The molecule has 1 aromatic carbocycles. The van der Waals surface area contributed by atoms with Crippen LogP contribution in [0.5, 0.6) is 11.5 Å². The summed E-state index contributed by atoms with van der Waals surface area (Å²) in [6, 6.07) is 3.89. The maximum Gasteiger partial charge on any atom is 0.212 e. The Hall–Kier alpha value is -3.23. The lowest BCUT2D eigenvalue weighted by Gasteiger charge is -2.24. The van der Waals surface area contributed by atoms with Crippen molar-refractivity contribution in [3.05, 3.63) is 29.1 Å². The monoisotopic (exact) mass is 367 g/mol. The topological polar surface area (TPSA) is 105 Å². The highest BCUT2D eigenvalue weighted by molar-refractivity contribution is 5.95. The predicted octanol–water partition coefficient (Wildman–Crippen LogP) is 1.84. The van der Waals surface area contributed by atoms with Gasteiger partial charge in [-0.3, -0.25) is 14.6 Å². The molecule has 0 bridgehead atoms. The van der Waals surface area contributed by atoms with Crippen molar-refractivity contribution in [2.75, 3.05) is 18.5 Å². The van der Waals surface area contributed by atoms with Gasteiger partial charge >= 0.3 is 0 Å². The number of ether oxygens (including phenoxy) is 2. The van der Waals surface area contributed by atoms with E-state index < -0.39 is 0 Å². The number of nitrogens with two attached hydrogens (primary N) is 1. The second-order valence-corrected chi connectivity index (χ2v) is 6.86. The fourth-order valence-corrected chi connectivity index (χ4v) is 3.78. The lowest BCUT2D eigenvalue weighted by atomic mass is 10.1. The number of nitrogens with zero attached hydrogens (tertiary/aromatic N) is 5. The first kappa shape index (κ1) is 16.0. The van der Waals surface area contributed by atoms with Crippen molar-refractivity contribution in [1.82, 2.24) is 19.3 Å². The van der Waals surface area contributed by atoms with Crippen LogP contribution in [-0.2, 0) is 7.05 Å². The van der Waals surface area contributed by atoms with E-state index in [0.29, 0.717) is 25.1 Å². The van der Waals surface area contributed by atoms with Gasteiger partial charge in [0.25, 0.3) is 0 Å². The smallest absolute Gasteiger partial charge is 0.212 e. The number of nitrogens with one attached hydrogen (secondary N) is 1. The van der Waals surface area contributed by atoms with Crippen LogP contribution in [0.1, 0.15) is 29.5 Å². The molecule has 9 nitrogen and oxygen atoms in total. The van der Waals surface area contributed by atoms with E-state index in [1.165, 1.54) is 0 Å². The van der Waals surface area contributed by atoms with Crippen LogP contribution in [0.15, 0.2) is 17.1 Å². The minimum Gasteiger partial charge on any atom is -0.489 e. The number of imidazole rings is 1.